The quantitative estimate of drug-likeness (QED) is 0.839. The monoisotopic (exact) mass is 306 g/mol. The van der Waals surface area contributed by atoms with Crippen molar-refractivity contribution in [3.63, 3.8) is 0 Å². The van der Waals surface area contributed by atoms with Gasteiger partial charge in [0.1, 0.15) is 0 Å². The van der Waals surface area contributed by atoms with Crippen molar-refractivity contribution in [2.75, 3.05) is 12.8 Å². The number of carbonyl (C=O) groups excluding carboxylic acids is 1. The largest absolute Gasteiger partial charge is 0.352 e. The van der Waals surface area contributed by atoms with Crippen LogP contribution in [0, 0.1) is 0 Å². The smallest absolute Gasteiger partial charge is 0.240 e. The van der Waals surface area contributed by atoms with E-state index in [1.807, 2.05) is 11.8 Å². The van der Waals surface area contributed by atoms with Gasteiger partial charge < -0.3 is 10.6 Å². The Morgan fingerprint density at radius 1 is 1.42 bits per heavy atom. The minimum absolute atomic E-state index is 0. The second-order valence-corrected chi connectivity index (χ2v) is 6.80. The molecule has 0 aromatic rings. The molecule has 3 atom stereocenters. The summed E-state index contributed by atoms with van der Waals surface area (Å²) in [5, 5.41) is 7.45. The van der Waals surface area contributed by atoms with E-state index in [2.05, 4.69) is 23.8 Å². The maximum atomic E-state index is 12.5. The molecule has 19 heavy (non-hydrogen) atoms. The molecule has 2 rings (SSSR count). The van der Waals surface area contributed by atoms with Crippen molar-refractivity contribution in [2.45, 2.75) is 68.7 Å². The molecule has 3 nitrogen and oxygen atoms in total. The number of rotatable bonds is 4. The van der Waals surface area contributed by atoms with Gasteiger partial charge in [0.2, 0.25) is 5.91 Å². The number of hydrogen-bond donors (Lipinski definition) is 2. The van der Waals surface area contributed by atoms with Gasteiger partial charge in [0, 0.05) is 11.3 Å². The molecular weight excluding hydrogens is 280 g/mol. The highest BCUT2D eigenvalue weighted by atomic mass is 35.5. The number of carbonyl (C=O) groups is 1. The molecule has 112 valence electrons. The first-order valence-corrected chi connectivity index (χ1v) is 8.58. The number of halogens is 1. The van der Waals surface area contributed by atoms with Crippen molar-refractivity contribution in [3.8, 4) is 0 Å². The van der Waals surface area contributed by atoms with Crippen molar-refractivity contribution >= 4 is 30.1 Å². The van der Waals surface area contributed by atoms with Crippen LogP contribution in [-0.4, -0.2) is 35.5 Å². The minimum atomic E-state index is -0.272. The van der Waals surface area contributed by atoms with Crippen LogP contribution < -0.4 is 10.6 Å². The third-order valence-electron chi connectivity index (χ3n) is 4.58. The normalized spacial score (nSPS) is 34.6. The fraction of sp³-hybridized carbons (Fsp3) is 0.929. The molecule has 1 amide bonds. The number of thioether (sulfide) groups is 1. The second-order valence-electron chi connectivity index (χ2n) is 5.66. The van der Waals surface area contributed by atoms with Crippen LogP contribution in [0.3, 0.4) is 0 Å². The fourth-order valence-electron chi connectivity index (χ4n) is 3.28. The van der Waals surface area contributed by atoms with E-state index in [9.17, 15) is 4.79 Å². The average Bonchev–Trinajstić information content (AvgIpc) is 2.89. The van der Waals surface area contributed by atoms with Crippen LogP contribution in [0.2, 0.25) is 0 Å². The Balaban J connectivity index is 0.00000180. The van der Waals surface area contributed by atoms with E-state index in [0.717, 1.165) is 43.9 Å². The highest BCUT2D eigenvalue weighted by Crippen LogP contribution is 2.28. The molecule has 1 aliphatic carbocycles. The molecule has 2 N–H and O–H groups in total. The summed E-state index contributed by atoms with van der Waals surface area (Å²) >= 11 is 1.95. The summed E-state index contributed by atoms with van der Waals surface area (Å²) in [5.74, 6) is 0.245. The standard InChI is InChI=1S/C14H26N2OS.ClH/c1-3-14(8-5-9-15-14)13(17)16-11-6-4-7-12(10-11)18-2;/h11-12,15H,3-10H2,1-2H3,(H,16,17);1H. The lowest BCUT2D eigenvalue weighted by molar-refractivity contribution is -0.128. The van der Waals surface area contributed by atoms with Crippen LogP contribution in [0.5, 0.6) is 0 Å². The Morgan fingerprint density at radius 3 is 2.79 bits per heavy atom. The first kappa shape index (κ1) is 17.1. The maximum Gasteiger partial charge on any atom is 0.240 e. The average molecular weight is 307 g/mol. The molecule has 1 aliphatic heterocycles. The zero-order chi connectivity index (χ0) is 13.0. The van der Waals surface area contributed by atoms with Gasteiger partial charge in [-0.2, -0.15) is 11.8 Å². The highest BCUT2D eigenvalue weighted by molar-refractivity contribution is 7.99. The Morgan fingerprint density at radius 2 is 2.21 bits per heavy atom. The highest BCUT2D eigenvalue weighted by Gasteiger charge is 2.40. The molecule has 0 radical (unpaired) electrons. The van der Waals surface area contributed by atoms with Gasteiger partial charge in [0.05, 0.1) is 5.54 Å². The lowest BCUT2D eigenvalue weighted by Crippen LogP contribution is -2.56. The van der Waals surface area contributed by atoms with Crippen molar-refractivity contribution in [1.29, 1.82) is 0 Å². The predicted octanol–water partition coefficient (Wildman–Crippen LogP) is 2.73. The van der Waals surface area contributed by atoms with Gasteiger partial charge in [-0.25, -0.2) is 0 Å². The van der Waals surface area contributed by atoms with E-state index in [1.165, 1.54) is 12.8 Å². The lowest BCUT2D eigenvalue weighted by atomic mass is 9.90. The molecule has 2 fully saturated rings. The lowest BCUT2D eigenvalue weighted by Gasteiger charge is -2.33. The molecule has 0 spiro atoms. The summed E-state index contributed by atoms with van der Waals surface area (Å²) in [6.07, 6.45) is 10.1. The van der Waals surface area contributed by atoms with Crippen LogP contribution >= 0.6 is 24.2 Å². The zero-order valence-electron chi connectivity index (χ0n) is 12.0. The van der Waals surface area contributed by atoms with Gasteiger partial charge in [-0.05, 0) is 51.3 Å². The third-order valence-corrected chi connectivity index (χ3v) is 5.67. The van der Waals surface area contributed by atoms with E-state index in [-0.39, 0.29) is 23.9 Å². The molecule has 5 heteroatoms. The first-order valence-electron chi connectivity index (χ1n) is 7.29. The van der Waals surface area contributed by atoms with Crippen LogP contribution in [0.15, 0.2) is 0 Å². The first-order chi connectivity index (χ1) is 8.70. The topological polar surface area (TPSA) is 41.1 Å². The van der Waals surface area contributed by atoms with Gasteiger partial charge in [-0.15, -0.1) is 12.4 Å². The molecule has 1 saturated carbocycles. The predicted molar refractivity (Wildman–Crippen MR) is 85.2 cm³/mol. The third kappa shape index (κ3) is 4.02. The van der Waals surface area contributed by atoms with Crippen molar-refractivity contribution in [1.82, 2.24) is 10.6 Å². The minimum Gasteiger partial charge on any atom is -0.352 e. The summed E-state index contributed by atoms with van der Waals surface area (Å²) in [7, 11) is 0. The van der Waals surface area contributed by atoms with Gasteiger partial charge in [-0.1, -0.05) is 13.3 Å². The molecular formula is C14H27ClN2OS. The van der Waals surface area contributed by atoms with E-state index >= 15 is 0 Å². The molecule has 1 heterocycles. The number of hydrogen-bond acceptors (Lipinski definition) is 3. The van der Waals surface area contributed by atoms with E-state index in [4.69, 9.17) is 0 Å². The number of nitrogens with one attached hydrogen (secondary N) is 2. The molecule has 0 aromatic heterocycles. The van der Waals surface area contributed by atoms with Crippen LogP contribution in [0.4, 0.5) is 0 Å². The molecule has 1 saturated heterocycles. The summed E-state index contributed by atoms with van der Waals surface area (Å²) < 4.78 is 0. The molecule has 2 aliphatic rings. The Kier molecular flexibility index (Phi) is 6.98. The van der Waals surface area contributed by atoms with E-state index in [1.54, 1.807) is 0 Å². The van der Waals surface area contributed by atoms with Crippen molar-refractivity contribution in [3.05, 3.63) is 0 Å². The summed E-state index contributed by atoms with van der Waals surface area (Å²) in [6.45, 7) is 3.10. The van der Waals surface area contributed by atoms with Gasteiger partial charge in [0.25, 0.3) is 0 Å². The van der Waals surface area contributed by atoms with Gasteiger partial charge in [-0.3, -0.25) is 4.79 Å². The van der Waals surface area contributed by atoms with Gasteiger partial charge in [0.15, 0.2) is 0 Å². The number of amides is 1. The zero-order valence-corrected chi connectivity index (χ0v) is 13.7. The summed E-state index contributed by atoms with van der Waals surface area (Å²) in [4.78, 5) is 12.5. The van der Waals surface area contributed by atoms with Crippen LogP contribution in [-0.2, 0) is 4.79 Å². The SMILES string of the molecule is CCC1(C(=O)NC2CCCC(SC)C2)CCCN1.Cl. The van der Waals surface area contributed by atoms with E-state index in [0.29, 0.717) is 6.04 Å². The molecule has 0 bridgehead atoms. The summed E-state index contributed by atoms with van der Waals surface area (Å²) in [5.41, 5.74) is -0.272. The Labute approximate surface area is 127 Å². The van der Waals surface area contributed by atoms with Crippen molar-refractivity contribution in [2.24, 2.45) is 0 Å². The molecule has 3 unspecified atom stereocenters. The fourth-order valence-corrected chi connectivity index (χ4v) is 4.10. The maximum absolute atomic E-state index is 12.5. The Hall–Kier alpha value is 0.0700. The summed E-state index contributed by atoms with van der Waals surface area (Å²) in [6, 6.07) is 0.398. The molecule has 0 aromatic carbocycles. The van der Waals surface area contributed by atoms with Gasteiger partial charge >= 0.3 is 0 Å². The Bertz CT molecular complexity index is 295. The van der Waals surface area contributed by atoms with Crippen molar-refractivity contribution < 1.29 is 4.79 Å². The van der Waals surface area contributed by atoms with Crippen LogP contribution in [0.25, 0.3) is 0 Å². The van der Waals surface area contributed by atoms with Crippen LogP contribution in [0.1, 0.15) is 51.9 Å². The van der Waals surface area contributed by atoms with E-state index < -0.39 is 0 Å². The second kappa shape index (κ2) is 7.75.